The Balaban J connectivity index is 1.40. The number of carbonyl (C=O) groups is 2. The van der Waals surface area contributed by atoms with Gasteiger partial charge in [0.2, 0.25) is 0 Å². The molecule has 0 aliphatic rings. The fourth-order valence-electron chi connectivity index (χ4n) is 4.13. The molecule has 0 saturated heterocycles. The number of carbonyl (C=O) groups excluding carboxylic acids is 2. The summed E-state index contributed by atoms with van der Waals surface area (Å²) in [5.74, 6) is -0.197. The van der Waals surface area contributed by atoms with Crippen LogP contribution in [0.2, 0.25) is 0 Å². The van der Waals surface area contributed by atoms with Crippen molar-refractivity contribution < 1.29 is 27.5 Å². The summed E-state index contributed by atoms with van der Waals surface area (Å²) in [6.45, 7) is 5.70. The number of alkyl halides is 3. The number of benzene rings is 2. The molecule has 0 saturated carbocycles. The topological polar surface area (TPSA) is 98.1 Å². The number of anilines is 1. The van der Waals surface area contributed by atoms with Gasteiger partial charge in [-0.1, -0.05) is 12.1 Å². The van der Waals surface area contributed by atoms with E-state index in [1.165, 1.54) is 12.3 Å². The van der Waals surface area contributed by atoms with E-state index in [0.29, 0.717) is 40.4 Å². The first-order chi connectivity index (χ1) is 19.0. The third-order valence-electron chi connectivity index (χ3n) is 6.35. The van der Waals surface area contributed by atoms with Gasteiger partial charge in [0.25, 0.3) is 11.8 Å². The van der Waals surface area contributed by atoms with Gasteiger partial charge in [0, 0.05) is 25.0 Å². The minimum Gasteiger partial charge on any atom is -0.489 e. The number of hydrogen-bond acceptors (Lipinski definition) is 5. The fourth-order valence-corrected chi connectivity index (χ4v) is 4.13. The summed E-state index contributed by atoms with van der Waals surface area (Å²) in [6.07, 6.45) is -1.26. The van der Waals surface area contributed by atoms with E-state index in [9.17, 15) is 22.8 Å². The van der Waals surface area contributed by atoms with Crippen molar-refractivity contribution in [1.29, 1.82) is 0 Å². The van der Waals surface area contributed by atoms with Crippen molar-refractivity contribution in [3.8, 4) is 5.75 Å². The van der Waals surface area contributed by atoms with Crippen LogP contribution in [0.15, 0.2) is 60.9 Å². The van der Waals surface area contributed by atoms with Crippen LogP contribution >= 0.6 is 0 Å². The molecule has 2 heterocycles. The standard InChI is InChI=1S/C29H28F3N5O3/c1-17-11-24(29(30,31)32)9-10-25(17)40-16-20-5-7-22(8-6-20)28(39)35-26-18(2)36-37(19(26)3)15-21-12-23(14-34-13-21)27(38)33-4/h5-14H,15-16H2,1-4H3,(H,33,38)(H,35,39). The normalized spacial score (nSPS) is 11.3. The lowest BCUT2D eigenvalue weighted by Crippen LogP contribution is -2.18. The van der Waals surface area contributed by atoms with E-state index in [1.54, 1.807) is 62.1 Å². The van der Waals surface area contributed by atoms with Gasteiger partial charge >= 0.3 is 6.18 Å². The van der Waals surface area contributed by atoms with E-state index in [1.807, 2.05) is 6.92 Å². The maximum atomic E-state index is 13.0. The summed E-state index contributed by atoms with van der Waals surface area (Å²) >= 11 is 0. The quantitative estimate of drug-likeness (QED) is 0.303. The Kier molecular flexibility index (Phi) is 8.22. The smallest absolute Gasteiger partial charge is 0.416 e. The Bertz CT molecular complexity index is 1550. The van der Waals surface area contributed by atoms with Gasteiger partial charge < -0.3 is 15.4 Å². The molecule has 0 spiro atoms. The molecule has 0 radical (unpaired) electrons. The summed E-state index contributed by atoms with van der Waals surface area (Å²) in [7, 11) is 1.55. The molecule has 0 bridgehead atoms. The van der Waals surface area contributed by atoms with Gasteiger partial charge in [-0.25, -0.2) is 0 Å². The Morgan fingerprint density at radius 3 is 2.30 bits per heavy atom. The molecule has 2 aromatic carbocycles. The number of nitrogens with one attached hydrogen (secondary N) is 2. The molecule has 0 fully saturated rings. The van der Waals surface area contributed by atoms with Crippen LogP contribution in [0, 0.1) is 20.8 Å². The largest absolute Gasteiger partial charge is 0.489 e. The minimum absolute atomic E-state index is 0.134. The first-order valence-corrected chi connectivity index (χ1v) is 12.4. The van der Waals surface area contributed by atoms with Crippen LogP contribution in [0.1, 0.15) is 54.4 Å². The number of ether oxygens (including phenoxy) is 1. The lowest BCUT2D eigenvalue weighted by molar-refractivity contribution is -0.137. The molecule has 40 heavy (non-hydrogen) atoms. The highest BCUT2D eigenvalue weighted by Crippen LogP contribution is 2.32. The van der Waals surface area contributed by atoms with Crippen molar-refractivity contribution in [2.24, 2.45) is 0 Å². The lowest BCUT2D eigenvalue weighted by atomic mass is 10.1. The molecule has 0 aliphatic carbocycles. The van der Waals surface area contributed by atoms with Crippen molar-refractivity contribution in [3.63, 3.8) is 0 Å². The molecule has 4 rings (SSSR count). The number of aryl methyl sites for hydroxylation is 2. The second-order valence-electron chi connectivity index (χ2n) is 9.28. The van der Waals surface area contributed by atoms with Gasteiger partial charge in [0.05, 0.1) is 34.7 Å². The lowest BCUT2D eigenvalue weighted by Gasteiger charge is -2.13. The zero-order valence-corrected chi connectivity index (χ0v) is 22.4. The molecule has 8 nitrogen and oxygen atoms in total. The monoisotopic (exact) mass is 551 g/mol. The maximum Gasteiger partial charge on any atom is 0.416 e. The average Bonchev–Trinajstić information content (AvgIpc) is 3.18. The Hall–Kier alpha value is -4.67. The summed E-state index contributed by atoms with van der Waals surface area (Å²) in [5.41, 5.74) is 4.03. The second kappa shape index (κ2) is 11.6. The van der Waals surface area contributed by atoms with Crippen LogP contribution in [0.25, 0.3) is 0 Å². The highest BCUT2D eigenvalue weighted by Gasteiger charge is 2.30. The molecular formula is C29H28F3N5O3. The maximum absolute atomic E-state index is 13.0. The van der Waals surface area contributed by atoms with Crippen LogP contribution in [-0.2, 0) is 19.3 Å². The van der Waals surface area contributed by atoms with Crippen LogP contribution in [-0.4, -0.2) is 33.6 Å². The Labute approximate surface area is 229 Å². The number of halogens is 3. The number of pyridine rings is 1. The number of aromatic nitrogens is 3. The van der Waals surface area contributed by atoms with E-state index in [0.717, 1.165) is 29.0 Å². The van der Waals surface area contributed by atoms with Gasteiger partial charge in [-0.15, -0.1) is 0 Å². The Morgan fingerprint density at radius 2 is 1.65 bits per heavy atom. The van der Waals surface area contributed by atoms with Gasteiger partial charge in [0.15, 0.2) is 0 Å². The predicted octanol–water partition coefficient (Wildman–Crippen LogP) is 5.46. The number of nitrogens with zero attached hydrogens (tertiary/aromatic N) is 3. The van der Waals surface area contributed by atoms with Crippen LogP contribution < -0.4 is 15.4 Å². The van der Waals surface area contributed by atoms with Gasteiger partial charge in [-0.3, -0.25) is 19.3 Å². The van der Waals surface area contributed by atoms with E-state index >= 15 is 0 Å². The average molecular weight is 552 g/mol. The zero-order chi connectivity index (χ0) is 29.0. The van der Waals surface area contributed by atoms with Crippen LogP contribution in [0.5, 0.6) is 5.75 Å². The van der Waals surface area contributed by atoms with E-state index in [2.05, 4.69) is 20.7 Å². The van der Waals surface area contributed by atoms with Crippen LogP contribution in [0.3, 0.4) is 0 Å². The molecule has 4 aromatic rings. The highest BCUT2D eigenvalue weighted by molar-refractivity contribution is 6.04. The van der Waals surface area contributed by atoms with Crippen molar-refractivity contribution in [2.45, 2.75) is 40.1 Å². The molecule has 0 unspecified atom stereocenters. The van der Waals surface area contributed by atoms with Crippen molar-refractivity contribution in [3.05, 3.63) is 106 Å². The third kappa shape index (κ3) is 6.48. The molecule has 208 valence electrons. The summed E-state index contributed by atoms with van der Waals surface area (Å²) in [6, 6.07) is 11.8. The van der Waals surface area contributed by atoms with E-state index in [4.69, 9.17) is 4.74 Å². The molecule has 2 amide bonds. The number of hydrogen-bond donors (Lipinski definition) is 2. The van der Waals surface area contributed by atoms with Crippen molar-refractivity contribution >= 4 is 17.5 Å². The first kappa shape index (κ1) is 28.3. The molecule has 0 aliphatic heterocycles. The van der Waals surface area contributed by atoms with Gasteiger partial charge in [-0.2, -0.15) is 18.3 Å². The van der Waals surface area contributed by atoms with Gasteiger partial charge in [0.1, 0.15) is 12.4 Å². The zero-order valence-electron chi connectivity index (χ0n) is 22.4. The molecule has 2 aromatic heterocycles. The van der Waals surface area contributed by atoms with Gasteiger partial charge in [-0.05, 0) is 73.9 Å². The summed E-state index contributed by atoms with van der Waals surface area (Å²) in [4.78, 5) is 29.0. The summed E-state index contributed by atoms with van der Waals surface area (Å²) in [5, 5.41) is 10.0. The minimum atomic E-state index is -4.41. The Morgan fingerprint density at radius 1 is 0.925 bits per heavy atom. The van der Waals surface area contributed by atoms with Crippen molar-refractivity contribution in [2.75, 3.05) is 12.4 Å². The molecular weight excluding hydrogens is 523 g/mol. The van der Waals surface area contributed by atoms with E-state index in [-0.39, 0.29) is 18.4 Å². The summed E-state index contributed by atoms with van der Waals surface area (Å²) < 4.78 is 46.1. The van der Waals surface area contributed by atoms with E-state index < -0.39 is 11.7 Å². The van der Waals surface area contributed by atoms with Crippen molar-refractivity contribution in [1.82, 2.24) is 20.1 Å². The SMILES string of the molecule is CNC(=O)c1cncc(Cn2nc(C)c(NC(=O)c3ccc(COc4ccc(C(F)(F)F)cc4C)cc3)c2C)c1. The molecule has 2 N–H and O–H groups in total. The highest BCUT2D eigenvalue weighted by atomic mass is 19.4. The number of amides is 2. The van der Waals surface area contributed by atoms with Crippen LogP contribution in [0.4, 0.5) is 18.9 Å². The second-order valence-corrected chi connectivity index (χ2v) is 9.28. The molecule has 11 heteroatoms. The fraction of sp³-hybridized carbons (Fsp3) is 0.241. The molecule has 0 atom stereocenters. The predicted molar refractivity (Wildman–Crippen MR) is 143 cm³/mol. The number of rotatable bonds is 8. The third-order valence-corrected chi connectivity index (χ3v) is 6.35. The first-order valence-electron chi connectivity index (χ1n) is 12.4.